The van der Waals surface area contributed by atoms with E-state index in [1.807, 2.05) is 0 Å². The molecule has 0 amide bonds. The largest absolute Gasteiger partial charge is 0.382 e. The molecule has 0 fully saturated rings. The van der Waals surface area contributed by atoms with Crippen LogP contribution in [0.2, 0.25) is 0 Å². The van der Waals surface area contributed by atoms with Crippen LogP contribution in [0.25, 0.3) is 0 Å². The zero-order chi connectivity index (χ0) is 11.8. The Morgan fingerprint density at radius 3 is 2.94 bits per heavy atom. The number of anilines is 2. The van der Waals surface area contributed by atoms with Gasteiger partial charge in [0.25, 0.3) is 0 Å². The molecule has 1 aromatic carbocycles. The zero-order valence-electron chi connectivity index (χ0n) is 9.76. The second kappa shape index (κ2) is 4.26. The second-order valence-electron chi connectivity index (χ2n) is 5.00. The van der Waals surface area contributed by atoms with Crippen molar-refractivity contribution in [2.75, 3.05) is 29.9 Å². The van der Waals surface area contributed by atoms with Gasteiger partial charge in [0.05, 0.1) is 11.4 Å². The maximum Gasteiger partial charge on any atom is 0.0614 e. The van der Waals surface area contributed by atoms with Crippen LogP contribution in [-0.4, -0.2) is 25.2 Å². The van der Waals surface area contributed by atoms with Gasteiger partial charge in [-0.15, -0.1) is 0 Å². The molecule has 0 unspecified atom stereocenters. The molecule has 16 heavy (non-hydrogen) atoms. The first-order chi connectivity index (χ1) is 7.46. The summed E-state index contributed by atoms with van der Waals surface area (Å²) >= 11 is 3.51. The van der Waals surface area contributed by atoms with Gasteiger partial charge in [0.15, 0.2) is 0 Å². The fourth-order valence-corrected chi connectivity index (χ4v) is 2.37. The van der Waals surface area contributed by atoms with Crippen molar-refractivity contribution in [1.29, 1.82) is 0 Å². The minimum absolute atomic E-state index is 0.170. The first-order valence-electron chi connectivity index (χ1n) is 5.53. The Labute approximate surface area is 105 Å². The molecule has 1 heterocycles. The molecule has 0 saturated carbocycles. The highest BCUT2D eigenvalue weighted by atomic mass is 79.9. The van der Waals surface area contributed by atoms with Crippen LogP contribution in [0.1, 0.15) is 13.8 Å². The van der Waals surface area contributed by atoms with Crippen molar-refractivity contribution in [2.24, 2.45) is 5.73 Å². The molecule has 2 rings (SSSR count). The molecular weight excluding hydrogens is 266 g/mol. The van der Waals surface area contributed by atoms with Crippen LogP contribution in [0.3, 0.4) is 0 Å². The van der Waals surface area contributed by atoms with Crippen LogP contribution in [0.4, 0.5) is 11.4 Å². The van der Waals surface area contributed by atoms with Gasteiger partial charge in [0.2, 0.25) is 0 Å². The van der Waals surface area contributed by atoms with Crippen molar-refractivity contribution in [3.63, 3.8) is 0 Å². The first-order valence-corrected chi connectivity index (χ1v) is 6.32. The molecule has 0 aliphatic carbocycles. The molecule has 1 aliphatic rings. The number of rotatable bonds is 2. The van der Waals surface area contributed by atoms with E-state index in [0.717, 1.165) is 24.1 Å². The summed E-state index contributed by atoms with van der Waals surface area (Å²) in [4.78, 5) is 2.34. The van der Waals surface area contributed by atoms with E-state index >= 15 is 0 Å². The van der Waals surface area contributed by atoms with Gasteiger partial charge in [-0.05, 0) is 32.0 Å². The molecule has 1 aliphatic heterocycles. The monoisotopic (exact) mass is 283 g/mol. The Morgan fingerprint density at radius 1 is 1.50 bits per heavy atom. The Balaban J connectivity index is 2.28. The van der Waals surface area contributed by atoms with Gasteiger partial charge in [-0.2, -0.15) is 0 Å². The summed E-state index contributed by atoms with van der Waals surface area (Å²) in [5, 5.41) is 3.40. The molecule has 0 atom stereocenters. The third-order valence-corrected chi connectivity index (χ3v) is 3.09. The average Bonchev–Trinajstić information content (AvgIpc) is 2.17. The molecule has 0 radical (unpaired) electrons. The maximum atomic E-state index is 6.09. The van der Waals surface area contributed by atoms with Gasteiger partial charge >= 0.3 is 0 Å². The summed E-state index contributed by atoms with van der Waals surface area (Å²) in [5.74, 6) is 0. The van der Waals surface area contributed by atoms with Crippen molar-refractivity contribution >= 4 is 27.3 Å². The number of nitrogens with zero attached hydrogens (tertiary/aromatic N) is 1. The molecule has 0 saturated heterocycles. The van der Waals surface area contributed by atoms with E-state index in [4.69, 9.17) is 5.73 Å². The lowest BCUT2D eigenvalue weighted by atomic mass is 10.1. The van der Waals surface area contributed by atoms with Gasteiger partial charge in [-0.25, -0.2) is 0 Å². The Kier molecular flexibility index (Phi) is 3.13. The molecule has 0 aromatic heterocycles. The average molecular weight is 284 g/mol. The number of halogens is 1. The quantitative estimate of drug-likeness (QED) is 0.876. The third kappa shape index (κ3) is 2.68. The van der Waals surface area contributed by atoms with Crippen LogP contribution >= 0.6 is 15.9 Å². The van der Waals surface area contributed by atoms with Crippen LogP contribution in [0.15, 0.2) is 22.7 Å². The van der Waals surface area contributed by atoms with Gasteiger partial charge in [0, 0.05) is 29.6 Å². The van der Waals surface area contributed by atoms with Gasteiger partial charge in [0.1, 0.15) is 0 Å². The summed E-state index contributed by atoms with van der Waals surface area (Å²) in [6.07, 6.45) is 0. The van der Waals surface area contributed by atoms with Gasteiger partial charge in [-0.1, -0.05) is 15.9 Å². The van der Waals surface area contributed by atoms with Gasteiger partial charge in [-0.3, -0.25) is 0 Å². The molecule has 1 aromatic rings. The molecule has 4 heteroatoms. The number of nitrogens with one attached hydrogen (secondary N) is 1. The van der Waals surface area contributed by atoms with Crippen molar-refractivity contribution in [3.05, 3.63) is 22.7 Å². The standard InChI is InChI=1S/C12H18BrN3/c1-12(2,14)8-16-6-5-15-10-4-3-9(13)7-11(10)16/h3-4,7,15H,5-6,8,14H2,1-2H3. The number of benzene rings is 1. The van der Waals surface area contributed by atoms with E-state index in [1.54, 1.807) is 0 Å². The van der Waals surface area contributed by atoms with Crippen LogP contribution in [-0.2, 0) is 0 Å². The Bertz CT molecular complexity index is 384. The van der Waals surface area contributed by atoms with E-state index in [-0.39, 0.29) is 5.54 Å². The molecule has 88 valence electrons. The minimum Gasteiger partial charge on any atom is -0.382 e. The lowest BCUT2D eigenvalue weighted by Gasteiger charge is -2.36. The van der Waals surface area contributed by atoms with E-state index < -0.39 is 0 Å². The normalized spacial score (nSPS) is 15.6. The minimum atomic E-state index is -0.170. The number of fused-ring (bicyclic) bond motifs is 1. The van der Waals surface area contributed by atoms with Gasteiger partial charge < -0.3 is 16.0 Å². The predicted molar refractivity (Wildman–Crippen MR) is 73.1 cm³/mol. The lowest BCUT2D eigenvalue weighted by Crippen LogP contribution is -2.48. The second-order valence-corrected chi connectivity index (χ2v) is 5.91. The third-order valence-electron chi connectivity index (χ3n) is 2.60. The number of hydrogen-bond donors (Lipinski definition) is 2. The summed E-state index contributed by atoms with van der Waals surface area (Å²) in [6, 6.07) is 6.31. The predicted octanol–water partition coefficient (Wildman–Crippen LogP) is 2.42. The number of nitrogens with two attached hydrogens (primary N) is 1. The lowest BCUT2D eigenvalue weighted by molar-refractivity contribution is 0.505. The maximum absolute atomic E-state index is 6.09. The summed E-state index contributed by atoms with van der Waals surface area (Å²) in [6.45, 7) is 6.98. The summed E-state index contributed by atoms with van der Waals surface area (Å²) in [5.41, 5.74) is 8.35. The SMILES string of the molecule is CC(C)(N)CN1CCNc2ccc(Br)cc21. The molecule has 0 bridgehead atoms. The first kappa shape index (κ1) is 11.7. The fraction of sp³-hybridized carbons (Fsp3) is 0.500. The summed E-state index contributed by atoms with van der Waals surface area (Å²) < 4.78 is 1.11. The molecular formula is C12H18BrN3. The van der Waals surface area contributed by atoms with Crippen LogP contribution in [0, 0.1) is 0 Å². The van der Waals surface area contributed by atoms with Crippen molar-refractivity contribution in [2.45, 2.75) is 19.4 Å². The molecule has 3 nitrogen and oxygen atoms in total. The highest BCUT2D eigenvalue weighted by molar-refractivity contribution is 9.10. The van der Waals surface area contributed by atoms with E-state index in [9.17, 15) is 0 Å². The fourth-order valence-electron chi connectivity index (χ4n) is 2.02. The molecule has 3 N–H and O–H groups in total. The highest BCUT2D eigenvalue weighted by Gasteiger charge is 2.21. The Hall–Kier alpha value is -0.740. The smallest absolute Gasteiger partial charge is 0.0614 e. The van der Waals surface area contributed by atoms with Crippen LogP contribution < -0.4 is 16.0 Å². The molecule has 0 spiro atoms. The van der Waals surface area contributed by atoms with Crippen molar-refractivity contribution in [1.82, 2.24) is 0 Å². The van der Waals surface area contributed by atoms with Crippen molar-refractivity contribution < 1.29 is 0 Å². The van der Waals surface area contributed by atoms with E-state index in [2.05, 4.69) is 58.2 Å². The topological polar surface area (TPSA) is 41.3 Å². The van der Waals surface area contributed by atoms with Crippen LogP contribution in [0.5, 0.6) is 0 Å². The highest BCUT2D eigenvalue weighted by Crippen LogP contribution is 2.32. The van der Waals surface area contributed by atoms with E-state index in [0.29, 0.717) is 0 Å². The van der Waals surface area contributed by atoms with E-state index in [1.165, 1.54) is 11.4 Å². The zero-order valence-corrected chi connectivity index (χ0v) is 11.3. The summed E-state index contributed by atoms with van der Waals surface area (Å²) in [7, 11) is 0. The number of hydrogen-bond acceptors (Lipinski definition) is 3. The Morgan fingerprint density at radius 2 is 2.25 bits per heavy atom. The van der Waals surface area contributed by atoms with Crippen molar-refractivity contribution in [3.8, 4) is 0 Å².